The highest BCUT2D eigenvalue weighted by Gasteiger charge is 2.34. The number of carbonyl (C=O) groups is 1. The number of cyclic esters (lactones) is 1. The van der Waals surface area contributed by atoms with Gasteiger partial charge in [-0.1, -0.05) is 30.3 Å². The molecule has 0 radical (unpaired) electrons. The Balaban J connectivity index is 1.14. The number of hydrogen-bond donors (Lipinski definition) is 0. The summed E-state index contributed by atoms with van der Waals surface area (Å²) in [4.78, 5) is 26.0. The maximum atomic E-state index is 12.9. The second-order valence-corrected chi connectivity index (χ2v) is 9.96. The predicted octanol–water partition coefficient (Wildman–Crippen LogP) is 4.87. The van der Waals surface area contributed by atoms with Gasteiger partial charge < -0.3 is 18.9 Å². The topological polar surface area (TPSA) is 86.2 Å². The van der Waals surface area contributed by atoms with E-state index >= 15 is 0 Å². The summed E-state index contributed by atoms with van der Waals surface area (Å²) in [7, 11) is 1.62. The van der Waals surface area contributed by atoms with Crippen LogP contribution in [0.1, 0.15) is 17.5 Å². The van der Waals surface area contributed by atoms with E-state index in [1.54, 1.807) is 12.0 Å². The van der Waals surface area contributed by atoms with Crippen LogP contribution in [-0.4, -0.2) is 67.0 Å². The van der Waals surface area contributed by atoms with E-state index in [0.717, 1.165) is 48.2 Å². The van der Waals surface area contributed by atoms with Gasteiger partial charge in [-0.2, -0.15) is 0 Å². The Bertz CT molecular complexity index is 1480. The van der Waals surface area contributed by atoms with Crippen LogP contribution in [0.5, 0.6) is 17.4 Å². The van der Waals surface area contributed by atoms with Gasteiger partial charge >= 0.3 is 6.09 Å². The standard InChI is InChI=1S/C31H32N4O5/c1-37-29-12-10-26-30(33-29)23(13-14-32-26)8-5-15-34(19-22-6-3-2-4-7-22)20-25-21-35(31(36)40-25)24-9-11-27-28(18-24)39-17-16-38-27/h2-4,6-7,9-14,18,25H,5,8,15-17,19-21H2,1H3/t25-/m1/s1. The second-order valence-electron chi connectivity index (χ2n) is 9.96. The predicted molar refractivity (Wildman–Crippen MR) is 151 cm³/mol. The fraction of sp³-hybridized carbons (Fsp3) is 0.323. The molecule has 9 nitrogen and oxygen atoms in total. The zero-order valence-corrected chi connectivity index (χ0v) is 22.5. The van der Waals surface area contributed by atoms with E-state index in [1.807, 2.05) is 48.7 Å². The van der Waals surface area contributed by atoms with Crippen molar-refractivity contribution in [3.8, 4) is 17.4 Å². The minimum atomic E-state index is -0.343. The lowest BCUT2D eigenvalue weighted by Crippen LogP contribution is -2.35. The molecule has 1 fully saturated rings. The summed E-state index contributed by atoms with van der Waals surface area (Å²) < 4.78 is 22.5. The molecule has 0 saturated carbocycles. The Morgan fingerprint density at radius 1 is 1.02 bits per heavy atom. The first-order chi connectivity index (χ1) is 19.7. The molecule has 40 heavy (non-hydrogen) atoms. The van der Waals surface area contributed by atoms with Gasteiger partial charge in [0.15, 0.2) is 11.5 Å². The number of benzene rings is 2. The van der Waals surface area contributed by atoms with E-state index < -0.39 is 0 Å². The molecule has 2 aliphatic heterocycles. The van der Waals surface area contributed by atoms with Crippen LogP contribution < -0.4 is 19.1 Å². The lowest BCUT2D eigenvalue weighted by atomic mass is 10.1. The molecule has 206 valence electrons. The molecule has 1 amide bonds. The minimum Gasteiger partial charge on any atom is -0.486 e. The number of carbonyl (C=O) groups excluding carboxylic acids is 1. The molecule has 1 saturated heterocycles. The number of nitrogens with zero attached hydrogens (tertiary/aromatic N) is 4. The van der Waals surface area contributed by atoms with Gasteiger partial charge in [0.25, 0.3) is 0 Å². The Morgan fingerprint density at radius 2 is 1.88 bits per heavy atom. The molecule has 2 aliphatic rings. The quantitative estimate of drug-likeness (QED) is 0.282. The smallest absolute Gasteiger partial charge is 0.414 e. The first-order valence-corrected chi connectivity index (χ1v) is 13.6. The largest absolute Gasteiger partial charge is 0.486 e. The van der Waals surface area contributed by atoms with E-state index in [2.05, 4.69) is 39.1 Å². The normalized spacial score (nSPS) is 16.4. The number of rotatable bonds is 10. The first kappa shape index (κ1) is 25.9. The third-order valence-electron chi connectivity index (χ3n) is 7.19. The van der Waals surface area contributed by atoms with Crippen molar-refractivity contribution in [2.24, 2.45) is 0 Å². The maximum Gasteiger partial charge on any atom is 0.414 e. The molecule has 0 unspecified atom stereocenters. The zero-order chi connectivity index (χ0) is 27.3. The highest BCUT2D eigenvalue weighted by Crippen LogP contribution is 2.35. The SMILES string of the molecule is COc1ccc2nccc(CCCN(Cc3ccccc3)C[C@@H]3CN(c4ccc5c(c4)OCCO5)C(=O)O3)c2n1. The highest BCUT2D eigenvalue weighted by atomic mass is 16.6. The Labute approximate surface area is 233 Å². The summed E-state index contributed by atoms with van der Waals surface area (Å²) in [5.41, 5.74) is 4.84. The van der Waals surface area contributed by atoms with Crippen LogP contribution in [-0.2, 0) is 17.7 Å². The molecule has 0 spiro atoms. The number of aromatic nitrogens is 2. The molecule has 2 aromatic heterocycles. The number of anilines is 1. The molecule has 0 N–H and O–H groups in total. The minimum absolute atomic E-state index is 0.253. The van der Waals surface area contributed by atoms with E-state index in [4.69, 9.17) is 18.9 Å². The average molecular weight is 541 g/mol. The summed E-state index contributed by atoms with van der Waals surface area (Å²) in [6.07, 6.45) is 3.00. The third kappa shape index (κ3) is 5.79. The van der Waals surface area contributed by atoms with E-state index in [1.165, 1.54) is 5.56 Å². The Hall–Kier alpha value is -4.37. The van der Waals surface area contributed by atoms with E-state index in [0.29, 0.717) is 43.7 Å². The molecule has 2 aromatic carbocycles. The van der Waals surface area contributed by atoms with Gasteiger partial charge in [0, 0.05) is 31.4 Å². The van der Waals surface area contributed by atoms with Crippen LogP contribution in [0, 0.1) is 0 Å². The zero-order valence-electron chi connectivity index (χ0n) is 22.5. The van der Waals surface area contributed by atoms with Gasteiger partial charge in [-0.25, -0.2) is 9.78 Å². The van der Waals surface area contributed by atoms with Gasteiger partial charge in [-0.15, -0.1) is 0 Å². The van der Waals surface area contributed by atoms with Crippen LogP contribution in [0.2, 0.25) is 0 Å². The van der Waals surface area contributed by atoms with Crippen LogP contribution >= 0.6 is 0 Å². The average Bonchev–Trinajstić information content (AvgIpc) is 3.36. The summed E-state index contributed by atoms with van der Waals surface area (Å²) in [5.74, 6) is 1.93. The summed E-state index contributed by atoms with van der Waals surface area (Å²) in [6.45, 7) is 3.73. The summed E-state index contributed by atoms with van der Waals surface area (Å²) in [6, 6.07) is 21.7. The summed E-state index contributed by atoms with van der Waals surface area (Å²) in [5, 5.41) is 0. The van der Waals surface area contributed by atoms with E-state index in [-0.39, 0.29) is 12.2 Å². The number of ether oxygens (including phenoxy) is 4. The third-order valence-corrected chi connectivity index (χ3v) is 7.19. The van der Waals surface area contributed by atoms with Crippen molar-refractivity contribution in [1.82, 2.24) is 14.9 Å². The molecule has 6 rings (SSSR count). The van der Waals surface area contributed by atoms with Gasteiger partial charge in [-0.3, -0.25) is 14.8 Å². The molecule has 4 aromatic rings. The van der Waals surface area contributed by atoms with Crippen molar-refractivity contribution < 1.29 is 23.7 Å². The number of aryl methyl sites for hydroxylation is 1. The van der Waals surface area contributed by atoms with Crippen molar-refractivity contribution in [2.45, 2.75) is 25.5 Å². The molecule has 9 heteroatoms. The number of pyridine rings is 2. The lowest BCUT2D eigenvalue weighted by Gasteiger charge is -2.25. The number of hydrogen-bond acceptors (Lipinski definition) is 8. The lowest BCUT2D eigenvalue weighted by molar-refractivity contribution is 0.105. The van der Waals surface area contributed by atoms with Gasteiger partial charge in [-0.05, 0) is 54.8 Å². The van der Waals surface area contributed by atoms with Crippen LogP contribution in [0.3, 0.4) is 0 Å². The van der Waals surface area contributed by atoms with Crippen LogP contribution in [0.15, 0.2) is 72.9 Å². The second kappa shape index (κ2) is 11.8. The van der Waals surface area contributed by atoms with Gasteiger partial charge in [0.1, 0.15) is 19.3 Å². The van der Waals surface area contributed by atoms with Crippen molar-refractivity contribution in [2.75, 3.05) is 44.9 Å². The summed E-state index contributed by atoms with van der Waals surface area (Å²) >= 11 is 0. The van der Waals surface area contributed by atoms with Crippen molar-refractivity contribution >= 4 is 22.8 Å². The van der Waals surface area contributed by atoms with Gasteiger partial charge in [0.05, 0.1) is 30.4 Å². The number of fused-ring (bicyclic) bond motifs is 2. The van der Waals surface area contributed by atoms with Crippen molar-refractivity contribution in [3.05, 3.63) is 84.1 Å². The van der Waals surface area contributed by atoms with Crippen LogP contribution in [0.4, 0.5) is 10.5 Å². The fourth-order valence-corrected chi connectivity index (χ4v) is 5.26. The van der Waals surface area contributed by atoms with E-state index in [9.17, 15) is 4.79 Å². The Kier molecular flexibility index (Phi) is 7.63. The molecular formula is C31H32N4O5. The molecule has 4 heterocycles. The highest BCUT2D eigenvalue weighted by molar-refractivity contribution is 5.90. The van der Waals surface area contributed by atoms with Gasteiger partial charge in [0.2, 0.25) is 5.88 Å². The fourth-order valence-electron chi connectivity index (χ4n) is 5.26. The van der Waals surface area contributed by atoms with Crippen LogP contribution in [0.25, 0.3) is 11.0 Å². The number of amides is 1. The van der Waals surface area contributed by atoms with Crippen molar-refractivity contribution in [3.63, 3.8) is 0 Å². The molecule has 0 bridgehead atoms. The monoisotopic (exact) mass is 540 g/mol. The first-order valence-electron chi connectivity index (χ1n) is 13.6. The molecular weight excluding hydrogens is 508 g/mol. The number of methoxy groups -OCH3 is 1. The maximum absolute atomic E-state index is 12.9. The molecule has 1 atom stereocenters. The Morgan fingerprint density at radius 3 is 2.73 bits per heavy atom. The van der Waals surface area contributed by atoms with Crippen molar-refractivity contribution in [1.29, 1.82) is 0 Å². The molecule has 0 aliphatic carbocycles.